The number of piperazine rings is 1. The molecule has 3 N–H and O–H groups in total. The molecule has 0 aliphatic carbocycles. The predicted molar refractivity (Wildman–Crippen MR) is 126 cm³/mol. The fourth-order valence-electron chi connectivity index (χ4n) is 3.45. The lowest BCUT2D eigenvalue weighted by molar-refractivity contribution is -0.159. The van der Waals surface area contributed by atoms with E-state index in [1.165, 1.54) is 0 Å². The quantitative estimate of drug-likeness (QED) is 0.567. The average Bonchev–Trinajstić information content (AvgIpc) is 2.81. The second-order valence-electron chi connectivity index (χ2n) is 7.73. The van der Waals surface area contributed by atoms with Gasteiger partial charge in [-0.05, 0) is 43.2 Å². The number of carbonyl (C=O) groups excluding carboxylic acids is 1. The molecule has 0 spiro atoms. The maximum Gasteiger partial charge on any atom is 0.414 e. The Bertz CT molecular complexity index is 958. The van der Waals surface area contributed by atoms with Crippen molar-refractivity contribution in [2.45, 2.75) is 20.3 Å². The molecule has 2 aromatic carbocycles. The van der Waals surface area contributed by atoms with Gasteiger partial charge in [-0.15, -0.1) is 0 Å². The van der Waals surface area contributed by atoms with Gasteiger partial charge in [-0.1, -0.05) is 24.3 Å². The lowest BCUT2D eigenvalue weighted by atomic mass is 10.1. The monoisotopic (exact) mass is 457 g/mol. The molecule has 0 radical (unpaired) electrons. The minimum absolute atomic E-state index is 0.0795. The minimum Gasteiger partial charge on any atom is -0.495 e. The standard InChI is InChI=1S/C22H29N3O2.C2H2O4/c1-17-8-9-18(2)19(16-17)23-22(26)10-11-24-12-14-25(15-13-24)20-6-4-5-7-21(20)27-3;3-1(4)2(5)6/h4-9,16H,10-15H2,1-3H3,(H,23,26);(H,3,4)(H,5,6). The van der Waals surface area contributed by atoms with Gasteiger partial charge in [-0.2, -0.15) is 0 Å². The number of hydrogen-bond donors (Lipinski definition) is 3. The van der Waals surface area contributed by atoms with Gasteiger partial charge in [-0.25, -0.2) is 9.59 Å². The zero-order chi connectivity index (χ0) is 24.4. The number of anilines is 2. The highest BCUT2D eigenvalue weighted by atomic mass is 16.5. The zero-order valence-corrected chi connectivity index (χ0v) is 19.2. The number of benzene rings is 2. The summed E-state index contributed by atoms with van der Waals surface area (Å²) in [5.41, 5.74) is 4.32. The molecule has 0 unspecified atom stereocenters. The van der Waals surface area contributed by atoms with Gasteiger partial charge in [0.1, 0.15) is 5.75 Å². The van der Waals surface area contributed by atoms with Crippen LogP contribution >= 0.6 is 0 Å². The summed E-state index contributed by atoms with van der Waals surface area (Å²) in [6.07, 6.45) is 0.516. The lowest BCUT2D eigenvalue weighted by Crippen LogP contribution is -2.47. The molecule has 0 saturated carbocycles. The highest BCUT2D eigenvalue weighted by Crippen LogP contribution is 2.28. The number of ether oxygens (including phenoxy) is 1. The van der Waals surface area contributed by atoms with Crippen molar-refractivity contribution in [2.24, 2.45) is 0 Å². The lowest BCUT2D eigenvalue weighted by Gasteiger charge is -2.36. The Labute approximate surface area is 193 Å². The van der Waals surface area contributed by atoms with E-state index < -0.39 is 11.9 Å². The van der Waals surface area contributed by atoms with Crippen LogP contribution < -0.4 is 15.0 Å². The van der Waals surface area contributed by atoms with E-state index in [9.17, 15) is 4.79 Å². The van der Waals surface area contributed by atoms with Crippen LogP contribution in [0.3, 0.4) is 0 Å². The molecule has 1 aliphatic rings. The summed E-state index contributed by atoms with van der Waals surface area (Å²) >= 11 is 0. The number of aryl methyl sites for hydroxylation is 2. The zero-order valence-electron chi connectivity index (χ0n) is 19.2. The number of carboxylic acids is 2. The van der Waals surface area contributed by atoms with Crippen LogP contribution in [0.15, 0.2) is 42.5 Å². The van der Waals surface area contributed by atoms with Crippen molar-refractivity contribution in [1.82, 2.24) is 4.90 Å². The number of hydrogen-bond acceptors (Lipinski definition) is 6. The summed E-state index contributed by atoms with van der Waals surface area (Å²) in [4.78, 5) is 35.2. The first kappa shape index (κ1) is 25.7. The Morgan fingerprint density at radius 1 is 0.970 bits per heavy atom. The third kappa shape index (κ3) is 8.12. The minimum atomic E-state index is -1.82. The van der Waals surface area contributed by atoms with Crippen molar-refractivity contribution in [1.29, 1.82) is 0 Å². The molecule has 1 fully saturated rings. The number of aliphatic carboxylic acids is 2. The number of methoxy groups -OCH3 is 1. The van der Waals surface area contributed by atoms with Gasteiger partial charge >= 0.3 is 11.9 Å². The van der Waals surface area contributed by atoms with E-state index in [1.54, 1.807) is 7.11 Å². The smallest absolute Gasteiger partial charge is 0.414 e. The van der Waals surface area contributed by atoms with Gasteiger partial charge < -0.3 is 25.2 Å². The largest absolute Gasteiger partial charge is 0.495 e. The molecule has 178 valence electrons. The first-order valence-corrected chi connectivity index (χ1v) is 10.6. The highest BCUT2D eigenvalue weighted by Gasteiger charge is 2.20. The second kappa shape index (κ2) is 12.4. The first-order valence-electron chi connectivity index (χ1n) is 10.6. The number of nitrogens with zero attached hydrogens (tertiary/aromatic N) is 2. The van der Waals surface area contributed by atoms with Gasteiger partial charge in [0.25, 0.3) is 0 Å². The molecule has 1 saturated heterocycles. The van der Waals surface area contributed by atoms with Crippen molar-refractivity contribution in [3.63, 3.8) is 0 Å². The highest BCUT2D eigenvalue weighted by molar-refractivity contribution is 6.27. The Balaban J connectivity index is 0.000000569. The van der Waals surface area contributed by atoms with Crippen LogP contribution in [0.25, 0.3) is 0 Å². The van der Waals surface area contributed by atoms with Crippen molar-refractivity contribution in [3.05, 3.63) is 53.6 Å². The Kier molecular flexibility index (Phi) is 9.68. The predicted octanol–water partition coefficient (Wildman–Crippen LogP) is 2.62. The number of carboxylic acid groups (broad SMARTS) is 2. The van der Waals surface area contributed by atoms with Crippen LogP contribution in [0.1, 0.15) is 17.5 Å². The van der Waals surface area contributed by atoms with Crippen molar-refractivity contribution in [2.75, 3.05) is 50.1 Å². The Morgan fingerprint density at radius 3 is 2.21 bits per heavy atom. The molecule has 33 heavy (non-hydrogen) atoms. The SMILES string of the molecule is COc1ccccc1N1CCN(CCC(=O)Nc2cc(C)ccc2C)CC1.O=C(O)C(=O)O. The molecule has 0 atom stereocenters. The van der Waals surface area contributed by atoms with Crippen LogP contribution in [0, 0.1) is 13.8 Å². The molecule has 1 aliphatic heterocycles. The summed E-state index contributed by atoms with van der Waals surface area (Å²) in [5.74, 6) is -2.65. The van der Waals surface area contributed by atoms with E-state index in [4.69, 9.17) is 24.5 Å². The van der Waals surface area contributed by atoms with E-state index in [-0.39, 0.29) is 5.91 Å². The van der Waals surface area contributed by atoms with Gasteiger partial charge in [0.05, 0.1) is 12.8 Å². The van der Waals surface area contributed by atoms with E-state index in [2.05, 4.69) is 27.2 Å². The summed E-state index contributed by atoms with van der Waals surface area (Å²) in [5, 5.41) is 17.8. The molecule has 1 amide bonds. The number of para-hydroxylation sites is 2. The average molecular weight is 458 g/mol. The number of amides is 1. The van der Waals surface area contributed by atoms with E-state index >= 15 is 0 Å². The number of rotatable bonds is 6. The summed E-state index contributed by atoms with van der Waals surface area (Å²) in [7, 11) is 1.71. The molecule has 2 aromatic rings. The third-order valence-corrected chi connectivity index (χ3v) is 5.30. The Morgan fingerprint density at radius 2 is 1.61 bits per heavy atom. The first-order chi connectivity index (χ1) is 15.7. The summed E-state index contributed by atoms with van der Waals surface area (Å²) in [6, 6.07) is 14.3. The number of nitrogens with one attached hydrogen (secondary N) is 1. The van der Waals surface area contributed by atoms with Crippen molar-refractivity contribution < 1.29 is 29.3 Å². The van der Waals surface area contributed by atoms with Crippen molar-refractivity contribution in [3.8, 4) is 5.75 Å². The van der Waals surface area contributed by atoms with Crippen molar-refractivity contribution >= 4 is 29.2 Å². The van der Waals surface area contributed by atoms with Gasteiger partial charge in [-0.3, -0.25) is 9.69 Å². The molecule has 0 aromatic heterocycles. The maximum atomic E-state index is 12.3. The molecular weight excluding hydrogens is 426 g/mol. The van der Waals surface area contributed by atoms with Crippen LogP contribution in [0.4, 0.5) is 11.4 Å². The summed E-state index contributed by atoms with van der Waals surface area (Å²) < 4.78 is 5.47. The number of carbonyl (C=O) groups is 3. The molecule has 3 rings (SSSR count). The van der Waals surface area contributed by atoms with Gasteiger partial charge in [0.15, 0.2) is 0 Å². The molecule has 0 bridgehead atoms. The van der Waals surface area contributed by atoms with Crippen LogP contribution in [0.2, 0.25) is 0 Å². The fraction of sp³-hybridized carbons (Fsp3) is 0.375. The third-order valence-electron chi connectivity index (χ3n) is 5.30. The topological polar surface area (TPSA) is 119 Å². The molecule has 1 heterocycles. The van der Waals surface area contributed by atoms with Crippen LogP contribution in [-0.4, -0.2) is 72.8 Å². The van der Waals surface area contributed by atoms with Crippen LogP contribution in [0.5, 0.6) is 5.75 Å². The van der Waals surface area contributed by atoms with E-state index in [1.807, 2.05) is 44.2 Å². The molecular formula is C24H31N3O6. The maximum absolute atomic E-state index is 12.3. The fourth-order valence-corrected chi connectivity index (χ4v) is 3.45. The van der Waals surface area contributed by atoms with Gasteiger partial charge in [0, 0.05) is 44.8 Å². The molecule has 9 heteroatoms. The normalized spacial score (nSPS) is 13.5. The van der Waals surface area contributed by atoms with Gasteiger partial charge in [0.2, 0.25) is 5.91 Å². The second-order valence-corrected chi connectivity index (χ2v) is 7.73. The Hall–Kier alpha value is -3.59. The molecule has 9 nitrogen and oxygen atoms in total. The van der Waals surface area contributed by atoms with E-state index in [0.29, 0.717) is 6.42 Å². The summed E-state index contributed by atoms with van der Waals surface area (Å²) in [6.45, 7) is 8.64. The van der Waals surface area contributed by atoms with Crippen LogP contribution in [-0.2, 0) is 14.4 Å². The van der Waals surface area contributed by atoms with E-state index in [0.717, 1.165) is 61.0 Å².